The number of hydrogen-bond donors (Lipinski definition) is 1. The van der Waals surface area contributed by atoms with Crippen LogP contribution in [0.25, 0.3) is 0 Å². The molecule has 14 heavy (non-hydrogen) atoms. The van der Waals surface area contributed by atoms with Gasteiger partial charge in [0, 0.05) is 5.56 Å². The molecule has 0 radical (unpaired) electrons. The van der Waals surface area contributed by atoms with Gasteiger partial charge in [0.15, 0.2) is 0 Å². The fraction of sp³-hybridized carbons (Fsp3) is 0.455. The second-order valence-electron chi connectivity index (χ2n) is 3.67. The van der Waals surface area contributed by atoms with Gasteiger partial charge in [0.05, 0.1) is 6.61 Å². The Labute approximate surface area is 83.3 Å². The third kappa shape index (κ3) is 1.99. The van der Waals surface area contributed by atoms with Crippen LogP contribution in [-0.2, 0) is 4.74 Å². The molecule has 3 heteroatoms. The Hall–Kier alpha value is -1.22. The quantitative estimate of drug-likeness (QED) is 0.746. The summed E-state index contributed by atoms with van der Waals surface area (Å²) in [6, 6.07) is 3.66. The average Bonchev–Trinajstić information content (AvgIpc) is 2.92. The fourth-order valence-corrected chi connectivity index (χ4v) is 1.30. The summed E-state index contributed by atoms with van der Waals surface area (Å²) < 4.78 is 10.6. The van der Waals surface area contributed by atoms with Crippen molar-refractivity contribution in [2.24, 2.45) is 0 Å². The highest BCUT2D eigenvalue weighted by Crippen LogP contribution is 2.29. The average molecular weight is 194 g/mol. The van der Waals surface area contributed by atoms with E-state index in [1.54, 1.807) is 6.07 Å². The van der Waals surface area contributed by atoms with Crippen LogP contribution >= 0.6 is 0 Å². The Morgan fingerprint density at radius 2 is 2.21 bits per heavy atom. The van der Waals surface area contributed by atoms with Crippen LogP contribution in [-0.4, -0.2) is 24.4 Å². The van der Waals surface area contributed by atoms with Crippen LogP contribution in [0.4, 0.5) is 0 Å². The zero-order chi connectivity index (χ0) is 10.1. The maximum Gasteiger partial charge on any atom is 0.126 e. The zero-order valence-electron chi connectivity index (χ0n) is 8.41. The van der Waals surface area contributed by atoms with Gasteiger partial charge in [0.25, 0.3) is 0 Å². The van der Waals surface area contributed by atoms with Gasteiger partial charge in [-0.05, 0) is 31.5 Å². The molecule has 0 aliphatic carbocycles. The molecule has 1 aromatic carbocycles. The SMILES string of the molecule is Cc1cc(O)c(C)c(OCC2CO2)c1. The Kier molecular flexibility index (Phi) is 2.33. The molecule has 1 fully saturated rings. The summed E-state index contributed by atoms with van der Waals surface area (Å²) in [5.41, 5.74) is 1.79. The van der Waals surface area contributed by atoms with E-state index in [4.69, 9.17) is 9.47 Å². The van der Waals surface area contributed by atoms with E-state index in [0.717, 1.165) is 23.5 Å². The van der Waals surface area contributed by atoms with Crippen molar-refractivity contribution in [1.82, 2.24) is 0 Å². The highest BCUT2D eigenvalue weighted by atomic mass is 16.6. The summed E-state index contributed by atoms with van der Waals surface area (Å²) in [5.74, 6) is 1.04. The van der Waals surface area contributed by atoms with Crippen molar-refractivity contribution in [3.05, 3.63) is 23.3 Å². The highest BCUT2D eigenvalue weighted by molar-refractivity contribution is 5.45. The monoisotopic (exact) mass is 194 g/mol. The molecule has 1 heterocycles. The number of phenolic OH excluding ortho intramolecular Hbond substituents is 1. The van der Waals surface area contributed by atoms with Gasteiger partial charge in [-0.25, -0.2) is 0 Å². The van der Waals surface area contributed by atoms with Crippen molar-refractivity contribution in [2.75, 3.05) is 13.2 Å². The van der Waals surface area contributed by atoms with Gasteiger partial charge in [-0.1, -0.05) is 0 Å². The number of epoxide rings is 1. The fourth-order valence-electron chi connectivity index (χ4n) is 1.30. The van der Waals surface area contributed by atoms with Crippen molar-refractivity contribution in [3.63, 3.8) is 0 Å². The van der Waals surface area contributed by atoms with Gasteiger partial charge in [-0.3, -0.25) is 0 Å². The van der Waals surface area contributed by atoms with Crippen LogP contribution in [0.15, 0.2) is 12.1 Å². The first kappa shape index (κ1) is 9.34. The predicted molar refractivity (Wildman–Crippen MR) is 52.8 cm³/mol. The van der Waals surface area contributed by atoms with Crippen LogP contribution in [0.2, 0.25) is 0 Å². The zero-order valence-corrected chi connectivity index (χ0v) is 8.41. The normalized spacial score (nSPS) is 19.4. The minimum Gasteiger partial charge on any atom is -0.508 e. The van der Waals surface area contributed by atoms with Crippen molar-refractivity contribution in [2.45, 2.75) is 20.0 Å². The number of aryl methyl sites for hydroxylation is 1. The molecule has 0 aromatic heterocycles. The minimum atomic E-state index is 0.247. The molecule has 1 atom stereocenters. The van der Waals surface area contributed by atoms with Gasteiger partial charge < -0.3 is 14.6 Å². The Balaban J connectivity index is 2.13. The smallest absolute Gasteiger partial charge is 0.126 e. The molecule has 1 N–H and O–H groups in total. The molecular formula is C11H14O3. The molecule has 0 amide bonds. The summed E-state index contributed by atoms with van der Waals surface area (Å²) in [5, 5.41) is 9.55. The first-order valence-corrected chi connectivity index (χ1v) is 4.71. The van der Waals surface area contributed by atoms with Crippen molar-refractivity contribution in [3.8, 4) is 11.5 Å². The third-order valence-electron chi connectivity index (χ3n) is 2.30. The van der Waals surface area contributed by atoms with E-state index in [0.29, 0.717) is 6.61 Å². The Morgan fingerprint density at radius 3 is 2.86 bits per heavy atom. The van der Waals surface area contributed by atoms with Gasteiger partial charge in [0.2, 0.25) is 0 Å². The minimum absolute atomic E-state index is 0.247. The first-order chi connectivity index (χ1) is 6.66. The number of hydrogen-bond acceptors (Lipinski definition) is 3. The lowest BCUT2D eigenvalue weighted by atomic mass is 10.1. The van der Waals surface area contributed by atoms with E-state index in [9.17, 15) is 5.11 Å². The number of phenols is 1. The second-order valence-corrected chi connectivity index (χ2v) is 3.67. The van der Waals surface area contributed by atoms with E-state index in [1.807, 2.05) is 19.9 Å². The molecule has 0 bridgehead atoms. The summed E-state index contributed by atoms with van der Waals surface area (Å²) >= 11 is 0. The van der Waals surface area contributed by atoms with E-state index in [1.165, 1.54) is 0 Å². The molecule has 3 nitrogen and oxygen atoms in total. The standard InChI is InChI=1S/C11H14O3/c1-7-3-10(12)8(2)11(4-7)14-6-9-5-13-9/h3-4,9,12H,5-6H2,1-2H3. The first-order valence-electron chi connectivity index (χ1n) is 4.71. The lowest BCUT2D eigenvalue weighted by molar-refractivity contribution is 0.260. The van der Waals surface area contributed by atoms with Gasteiger partial charge >= 0.3 is 0 Å². The van der Waals surface area contributed by atoms with Crippen LogP contribution in [0.3, 0.4) is 0 Å². The van der Waals surface area contributed by atoms with Crippen LogP contribution in [0.5, 0.6) is 11.5 Å². The van der Waals surface area contributed by atoms with Gasteiger partial charge in [-0.2, -0.15) is 0 Å². The Bertz CT molecular complexity index is 343. The van der Waals surface area contributed by atoms with Gasteiger partial charge in [-0.15, -0.1) is 0 Å². The topological polar surface area (TPSA) is 42.0 Å². The molecular weight excluding hydrogens is 180 g/mol. The lowest BCUT2D eigenvalue weighted by Gasteiger charge is -2.10. The number of benzene rings is 1. The molecule has 76 valence electrons. The van der Waals surface area contributed by atoms with E-state index in [2.05, 4.69) is 0 Å². The van der Waals surface area contributed by atoms with Crippen molar-refractivity contribution < 1.29 is 14.6 Å². The highest BCUT2D eigenvalue weighted by Gasteiger charge is 2.23. The number of rotatable bonds is 3. The summed E-state index contributed by atoms with van der Waals surface area (Å²) in [6.07, 6.45) is 0.247. The molecule has 1 aliphatic heterocycles. The van der Waals surface area contributed by atoms with E-state index >= 15 is 0 Å². The summed E-state index contributed by atoms with van der Waals surface area (Å²) in [7, 11) is 0. The maximum absolute atomic E-state index is 9.55. The molecule has 0 saturated carbocycles. The van der Waals surface area contributed by atoms with Crippen molar-refractivity contribution >= 4 is 0 Å². The van der Waals surface area contributed by atoms with Gasteiger partial charge in [0.1, 0.15) is 24.2 Å². The lowest BCUT2D eigenvalue weighted by Crippen LogP contribution is -2.05. The Morgan fingerprint density at radius 1 is 1.50 bits per heavy atom. The second kappa shape index (κ2) is 3.50. The predicted octanol–water partition coefficient (Wildman–Crippen LogP) is 1.79. The summed E-state index contributed by atoms with van der Waals surface area (Å²) in [6.45, 7) is 5.14. The van der Waals surface area contributed by atoms with Crippen LogP contribution in [0, 0.1) is 13.8 Å². The molecule has 2 rings (SSSR count). The third-order valence-corrected chi connectivity index (χ3v) is 2.30. The molecule has 1 unspecified atom stereocenters. The van der Waals surface area contributed by atoms with E-state index < -0.39 is 0 Å². The molecule has 0 spiro atoms. The van der Waals surface area contributed by atoms with E-state index in [-0.39, 0.29) is 11.9 Å². The largest absolute Gasteiger partial charge is 0.508 e. The summed E-state index contributed by atoms with van der Waals surface area (Å²) in [4.78, 5) is 0. The molecule has 1 saturated heterocycles. The molecule has 1 aromatic rings. The molecule has 1 aliphatic rings. The van der Waals surface area contributed by atoms with Crippen LogP contribution in [0.1, 0.15) is 11.1 Å². The maximum atomic E-state index is 9.55. The number of ether oxygens (including phenoxy) is 2. The van der Waals surface area contributed by atoms with Crippen LogP contribution < -0.4 is 4.74 Å². The van der Waals surface area contributed by atoms with Crippen molar-refractivity contribution in [1.29, 1.82) is 0 Å². The number of aromatic hydroxyl groups is 1.